The molecule has 2 unspecified atom stereocenters. The van der Waals surface area contributed by atoms with E-state index in [0.29, 0.717) is 6.04 Å². The van der Waals surface area contributed by atoms with E-state index in [1.165, 1.54) is 10.5 Å². The zero-order chi connectivity index (χ0) is 13.2. The van der Waals surface area contributed by atoms with Gasteiger partial charge in [-0.25, -0.2) is 4.98 Å². The van der Waals surface area contributed by atoms with Crippen LogP contribution in [0.5, 0.6) is 0 Å². The number of hydrogen-bond acceptors (Lipinski definition) is 4. The zero-order valence-corrected chi connectivity index (χ0v) is 12.0. The lowest BCUT2D eigenvalue weighted by atomic mass is 10.0. The Morgan fingerprint density at radius 1 is 1.42 bits per heavy atom. The number of fused-ring (bicyclic) bond motifs is 1. The van der Waals surface area contributed by atoms with Crippen molar-refractivity contribution < 1.29 is 4.42 Å². The molecule has 4 heteroatoms. The topological polar surface area (TPSA) is 38.1 Å². The SMILES string of the molecule is Cc1cnc(C(C)NC2CCSc3ccccc32)o1. The van der Waals surface area contributed by atoms with Gasteiger partial charge in [0, 0.05) is 10.9 Å². The van der Waals surface area contributed by atoms with E-state index in [0.717, 1.165) is 23.8 Å². The normalized spacial score (nSPS) is 20.0. The molecular formula is C15H18N2OS. The van der Waals surface area contributed by atoms with E-state index in [9.17, 15) is 0 Å². The Morgan fingerprint density at radius 2 is 2.26 bits per heavy atom. The minimum absolute atomic E-state index is 0.134. The van der Waals surface area contributed by atoms with Crippen LogP contribution in [0.4, 0.5) is 0 Å². The molecule has 0 saturated heterocycles. The van der Waals surface area contributed by atoms with Crippen LogP contribution in [-0.2, 0) is 0 Å². The zero-order valence-electron chi connectivity index (χ0n) is 11.2. The van der Waals surface area contributed by atoms with E-state index in [-0.39, 0.29) is 6.04 Å². The molecule has 2 atom stereocenters. The first-order valence-electron chi connectivity index (χ1n) is 6.64. The molecule has 2 aromatic rings. The number of hydrogen-bond donors (Lipinski definition) is 1. The van der Waals surface area contributed by atoms with Gasteiger partial charge in [-0.15, -0.1) is 11.8 Å². The molecule has 19 heavy (non-hydrogen) atoms. The van der Waals surface area contributed by atoms with Crippen LogP contribution in [0.25, 0.3) is 0 Å². The maximum absolute atomic E-state index is 5.60. The van der Waals surface area contributed by atoms with Crippen molar-refractivity contribution in [2.75, 3.05) is 5.75 Å². The molecule has 3 nitrogen and oxygen atoms in total. The van der Waals surface area contributed by atoms with Crippen molar-refractivity contribution in [3.05, 3.63) is 47.7 Å². The number of nitrogens with one attached hydrogen (secondary N) is 1. The van der Waals surface area contributed by atoms with Gasteiger partial charge in [-0.05, 0) is 37.7 Å². The van der Waals surface area contributed by atoms with E-state index < -0.39 is 0 Å². The van der Waals surface area contributed by atoms with E-state index in [1.807, 2.05) is 18.7 Å². The fraction of sp³-hybridized carbons (Fsp3) is 0.400. The maximum atomic E-state index is 5.60. The van der Waals surface area contributed by atoms with Crippen LogP contribution in [0, 0.1) is 6.92 Å². The second-order valence-corrected chi connectivity index (χ2v) is 6.06. The summed E-state index contributed by atoms with van der Waals surface area (Å²) in [5, 5.41) is 3.64. The number of benzene rings is 1. The summed E-state index contributed by atoms with van der Waals surface area (Å²) in [5.41, 5.74) is 1.40. The monoisotopic (exact) mass is 274 g/mol. The number of oxazole rings is 1. The Labute approximate surface area is 117 Å². The average molecular weight is 274 g/mol. The molecular weight excluding hydrogens is 256 g/mol. The van der Waals surface area contributed by atoms with Gasteiger partial charge in [0.2, 0.25) is 5.89 Å². The van der Waals surface area contributed by atoms with Gasteiger partial charge >= 0.3 is 0 Å². The molecule has 0 amide bonds. The van der Waals surface area contributed by atoms with Gasteiger partial charge in [0.25, 0.3) is 0 Å². The first kappa shape index (κ1) is 12.8. The highest BCUT2D eigenvalue weighted by molar-refractivity contribution is 7.99. The van der Waals surface area contributed by atoms with Crippen molar-refractivity contribution in [3.8, 4) is 0 Å². The lowest BCUT2D eigenvalue weighted by Gasteiger charge is -2.27. The smallest absolute Gasteiger partial charge is 0.211 e. The standard InChI is InChI=1S/C15H18N2OS/c1-10-9-16-15(18-10)11(2)17-13-7-8-19-14-6-4-3-5-12(13)14/h3-6,9,11,13,17H,7-8H2,1-2H3. The molecule has 1 aromatic carbocycles. The summed E-state index contributed by atoms with van der Waals surface area (Å²) in [6, 6.07) is 9.16. The molecule has 0 radical (unpaired) electrons. The fourth-order valence-corrected chi connectivity index (χ4v) is 3.59. The Hall–Kier alpha value is -1.26. The van der Waals surface area contributed by atoms with Gasteiger partial charge in [-0.2, -0.15) is 0 Å². The molecule has 1 aromatic heterocycles. The molecule has 0 saturated carbocycles. The van der Waals surface area contributed by atoms with Gasteiger partial charge in [0.1, 0.15) is 5.76 Å². The van der Waals surface area contributed by atoms with Gasteiger partial charge in [-0.1, -0.05) is 18.2 Å². The minimum Gasteiger partial charge on any atom is -0.444 e. The molecule has 0 bridgehead atoms. The fourth-order valence-electron chi connectivity index (χ4n) is 2.46. The number of thioether (sulfide) groups is 1. The highest BCUT2D eigenvalue weighted by atomic mass is 32.2. The van der Waals surface area contributed by atoms with Crippen molar-refractivity contribution in [2.45, 2.75) is 37.2 Å². The van der Waals surface area contributed by atoms with Crippen molar-refractivity contribution in [3.63, 3.8) is 0 Å². The van der Waals surface area contributed by atoms with Crippen LogP contribution in [0.1, 0.15) is 42.6 Å². The van der Waals surface area contributed by atoms with Gasteiger partial charge < -0.3 is 4.42 Å². The number of aryl methyl sites for hydroxylation is 1. The molecule has 100 valence electrons. The predicted molar refractivity (Wildman–Crippen MR) is 77.3 cm³/mol. The first-order chi connectivity index (χ1) is 9.24. The third kappa shape index (κ3) is 2.69. The minimum atomic E-state index is 0.134. The number of aromatic nitrogens is 1. The molecule has 3 rings (SSSR count). The lowest BCUT2D eigenvalue weighted by molar-refractivity contribution is 0.365. The third-order valence-electron chi connectivity index (χ3n) is 3.42. The van der Waals surface area contributed by atoms with Gasteiger partial charge in [-0.3, -0.25) is 5.32 Å². The molecule has 0 aliphatic carbocycles. The molecule has 0 fully saturated rings. The Balaban J connectivity index is 1.77. The van der Waals surface area contributed by atoms with Crippen molar-refractivity contribution in [1.82, 2.24) is 10.3 Å². The van der Waals surface area contributed by atoms with Crippen molar-refractivity contribution >= 4 is 11.8 Å². The summed E-state index contributed by atoms with van der Waals surface area (Å²) in [7, 11) is 0. The van der Waals surface area contributed by atoms with Crippen LogP contribution in [0.3, 0.4) is 0 Å². The molecule has 1 aliphatic heterocycles. The lowest BCUT2D eigenvalue weighted by Crippen LogP contribution is -2.27. The average Bonchev–Trinajstić information content (AvgIpc) is 2.86. The Morgan fingerprint density at radius 3 is 3.05 bits per heavy atom. The van der Waals surface area contributed by atoms with E-state index in [2.05, 4.69) is 41.5 Å². The quantitative estimate of drug-likeness (QED) is 0.922. The van der Waals surface area contributed by atoms with Crippen LogP contribution < -0.4 is 5.32 Å². The van der Waals surface area contributed by atoms with E-state index >= 15 is 0 Å². The summed E-state index contributed by atoms with van der Waals surface area (Å²) in [6.07, 6.45) is 2.92. The second kappa shape index (κ2) is 5.39. The van der Waals surface area contributed by atoms with E-state index in [4.69, 9.17) is 4.42 Å². The number of rotatable bonds is 3. The van der Waals surface area contributed by atoms with Crippen LogP contribution in [-0.4, -0.2) is 10.7 Å². The second-order valence-electron chi connectivity index (χ2n) is 4.93. The van der Waals surface area contributed by atoms with E-state index in [1.54, 1.807) is 6.20 Å². The molecule has 2 heterocycles. The summed E-state index contributed by atoms with van der Waals surface area (Å²) in [6.45, 7) is 4.03. The Bertz CT molecular complexity index is 567. The third-order valence-corrected chi connectivity index (χ3v) is 4.54. The van der Waals surface area contributed by atoms with Crippen LogP contribution in [0.2, 0.25) is 0 Å². The Kier molecular flexibility index (Phi) is 3.62. The highest BCUT2D eigenvalue weighted by Crippen LogP contribution is 2.36. The molecule has 1 aliphatic rings. The maximum Gasteiger partial charge on any atom is 0.211 e. The van der Waals surface area contributed by atoms with Gasteiger partial charge in [0.15, 0.2) is 0 Å². The summed E-state index contributed by atoms with van der Waals surface area (Å²) in [5.74, 6) is 2.79. The van der Waals surface area contributed by atoms with Crippen LogP contribution in [0.15, 0.2) is 39.8 Å². The molecule has 0 spiro atoms. The molecule has 1 N–H and O–H groups in total. The highest BCUT2D eigenvalue weighted by Gasteiger charge is 2.23. The summed E-state index contributed by atoms with van der Waals surface area (Å²) in [4.78, 5) is 5.69. The van der Waals surface area contributed by atoms with Crippen molar-refractivity contribution in [2.24, 2.45) is 0 Å². The van der Waals surface area contributed by atoms with Crippen molar-refractivity contribution in [1.29, 1.82) is 0 Å². The predicted octanol–water partition coefficient (Wildman–Crippen LogP) is 3.87. The summed E-state index contributed by atoms with van der Waals surface area (Å²) >= 11 is 1.94. The van der Waals surface area contributed by atoms with Gasteiger partial charge in [0.05, 0.1) is 12.2 Å². The number of nitrogens with zero attached hydrogens (tertiary/aromatic N) is 1. The first-order valence-corrected chi connectivity index (χ1v) is 7.62. The van der Waals surface area contributed by atoms with Crippen LogP contribution >= 0.6 is 11.8 Å². The summed E-state index contributed by atoms with van der Waals surface area (Å²) < 4.78 is 5.60. The largest absolute Gasteiger partial charge is 0.444 e.